The van der Waals surface area contributed by atoms with Crippen LogP contribution < -0.4 is 14.8 Å². The lowest BCUT2D eigenvalue weighted by molar-refractivity contribution is -0.123. The Hall–Kier alpha value is -2.43. The third kappa shape index (κ3) is 13.1. The third-order valence-corrected chi connectivity index (χ3v) is 4.19. The molecule has 1 aromatic rings. The van der Waals surface area contributed by atoms with Gasteiger partial charge in [-0.15, -0.1) is 6.42 Å². The highest BCUT2D eigenvalue weighted by Crippen LogP contribution is 2.21. The van der Waals surface area contributed by atoms with Crippen molar-refractivity contribution in [3.8, 4) is 23.8 Å². The molecule has 0 fully saturated rings. The number of terminal acetylenes is 1. The van der Waals surface area contributed by atoms with Crippen LogP contribution in [0.4, 0.5) is 4.79 Å². The second-order valence-corrected chi connectivity index (χ2v) is 9.65. The number of carbonyl (C=O) groups is 1. The summed E-state index contributed by atoms with van der Waals surface area (Å²) in [6.07, 6.45) is 5.44. The van der Waals surface area contributed by atoms with Crippen molar-refractivity contribution in [1.29, 1.82) is 0 Å². The summed E-state index contributed by atoms with van der Waals surface area (Å²) in [5, 5.41) is 2.68. The maximum Gasteiger partial charge on any atom is 0.407 e. The minimum absolute atomic E-state index is 0.242. The largest absolute Gasteiger partial charge is 0.493 e. The van der Waals surface area contributed by atoms with Crippen molar-refractivity contribution in [2.24, 2.45) is 0 Å². The van der Waals surface area contributed by atoms with Gasteiger partial charge >= 0.3 is 6.09 Å². The molecule has 0 aromatic heterocycles. The number of hydrogen-bond acceptors (Lipinski definition) is 6. The molecule has 1 rings (SSSR count). The van der Waals surface area contributed by atoms with Crippen molar-refractivity contribution in [2.45, 2.75) is 71.7 Å². The Morgan fingerprint density at radius 1 is 0.906 bits per heavy atom. The van der Waals surface area contributed by atoms with Gasteiger partial charge < -0.3 is 29.0 Å². The van der Waals surface area contributed by atoms with E-state index >= 15 is 0 Å². The van der Waals surface area contributed by atoms with Crippen LogP contribution in [0.15, 0.2) is 24.3 Å². The number of carbonyl (C=O) groups excluding carboxylic acids is 1. The van der Waals surface area contributed by atoms with Crippen LogP contribution in [0.1, 0.15) is 54.9 Å². The molecule has 7 nitrogen and oxygen atoms in total. The van der Waals surface area contributed by atoms with Crippen molar-refractivity contribution in [3.05, 3.63) is 24.3 Å². The molecule has 0 spiro atoms. The van der Waals surface area contributed by atoms with Gasteiger partial charge in [-0.1, -0.05) is 5.92 Å². The quantitative estimate of drug-likeness (QED) is 0.351. The Morgan fingerprint density at radius 2 is 1.50 bits per heavy atom. The summed E-state index contributed by atoms with van der Waals surface area (Å²) in [4.78, 5) is 11.7. The third-order valence-electron chi connectivity index (χ3n) is 4.19. The predicted molar refractivity (Wildman–Crippen MR) is 125 cm³/mol. The average molecular weight is 450 g/mol. The molecule has 0 saturated heterocycles. The average Bonchev–Trinajstić information content (AvgIpc) is 2.68. The van der Waals surface area contributed by atoms with Gasteiger partial charge in [0.15, 0.2) is 0 Å². The summed E-state index contributed by atoms with van der Waals surface area (Å²) >= 11 is 0. The van der Waals surface area contributed by atoms with Crippen LogP contribution in [-0.2, 0) is 14.2 Å². The molecular formula is C25H39NO6. The second kappa shape index (κ2) is 12.6. The first-order valence-electron chi connectivity index (χ1n) is 10.9. The van der Waals surface area contributed by atoms with Gasteiger partial charge in [0.1, 0.15) is 23.7 Å². The zero-order valence-corrected chi connectivity index (χ0v) is 20.6. The van der Waals surface area contributed by atoms with Crippen LogP contribution in [0.25, 0.3) is 0 Å². The van der Waals surface area contributed by atoms with Gasteiger partial charge in [-0.3, -0.25) is 0 Å². The summed E-state index contributed by atoms with van der Waals surface area (Å²) in [5.41, 5.74) is -1.40. The van der Waals surface area contributed by atoms with Crippen molar-refractivity contribution in [3.63, 3.8) is 0 Å². The highest BCUT2D eigenvalue weighted by molar-refractivity contribution is 5.67. The Kier molecular flexibility index (Phi) is 10.8. The number of hydrogen-bond donors (Lipinski definition) is 1. The molecule has 0 radical (unpaired) electrons. The zero-order valence-electron chi connectivity index (χ0n) is 20.6. The fourth-order valence-electron chi connectivity index (χ4n) is 2.45. The molecule has 0 unspecified atom stereocenters. The number of benzene rings is 1. The smallest absolute Gasteiger partial charge is 0.407 e. The lowest BCUT2D eigenvalue weighted by Crippen LogP contribution is -2.40. The standard InChI is InChI=1S/C25H39NO6/c1-9-16-28-20-10-12-21(13-11-20)29-17-14-24(5,6)31-19-25(7,8)30-18-15-26-22(27)32-23(2,3)4/h1,10-13H,14-19H2,2-8H3,(H,26,27). The van der Waals surface area contributed by atoms with E-state index in [1.54, 1.807) is 0 Å². The molecule has 0 saturated carbocycles. The minimum Gasteiger partial charge on any atom is -0.493 e. The van der Waals surface area contributed by atoms with Gasteiger partial charge in [0.2, 0.25) is 0 Å². The summed E-state index contributed by atoms with van der Waals surface area (Å²) in [7, 11) is 0. The maximum absolute atomic E-state index is 11.7. The molecule has 0 aliphatic heterocycles. The van der Waals surface area contributed by atoms with Crippen molar-refractivity contribution in [2.75, 3.05) is 33.0 Å². The van der Waals surface area contributed by atoms with E-state index in [0.29, 0.717) is 38.5 Å². The number of rotatable bonds is 13. The van der Waals surface area contributed by atoms with Crippen LogP contribution in [-0.4, -0.2) is 55.9 Å². The molecule has 180 valence electrons. The van der Waals surface area contributed by atoms with Crippen molar-refractivity contribution in [1.82, 2.24) is 5.32 Å². The number of nitrogens with one attached hydrogen (secondary N) is 1. The molecule has 0 aliphatic rings. The zero-order chi connectivity index (χ0) is 24.3. The van der Waals surface area contributed by atoms with Crippen LogP contribution in [0.5, 0.6) is 11.5 Å². The van der Waals surface area contributed by atoms with E-state index in [9.17, 15) is 4.79 Å². The van der Waals surface area contributed by atoms with E-state index in [4.69, 9.17) is 30.1 Å². The summed E-state index contributed by atoms with van der Waals surface area (Å²) in [5.74, 6) is 3.90. The van der Waals surface area contributed by atoms with E-state index in [0.717, 1.165) is 5.75 Å². The highest BCUT2D eigenvalue weighted by atomic mass is 16.6. The van der Waals surface area contributed by atoms with Crippen LogP contribution in [0, 0.1) is 12.3 Å². The Bertz CT molecular complexity index is 728. The molecule has 1 amide bonds. The Labute approximate surface area is 193 Å². The summed E-state index contributed by atoms with van der Waals surface area (Å²) in [6.45, 7) is 15.3. The second-order valence-electron chi connectivity index (χ2n) is 9.65. The van der Waals surface area contributed by atoms with Gasteiger partial charge in [-0.2, -0.15) is 0 Å². The normalized spacial score (nSPS) is 12.1. The Morgan fingerprint density at radius 3 is 2.06 bits per heavy atom. The van der Waals surface area contributed by atoms with E-state index in [1.165, 1.54) is 0 Å². The van der Waals surface area contributed by atoms with E-state index < -0.39 is 17.3 Å². The molecule has 0 heterocycles. The molecule has 0 atom stereocenters. The number of ether oxygens (including phenoxy) is 5. The molecule has 0 aliphatic carbocycles. The van der Waals surface area contributed by atoms with Gasteiger partial charge in [0.25, 0.3) is 0 Å². The maximum atomic E-state index is 11.7. The van der Waals surface area contributed by atoms with Crippen LogP contribution >= 0.6 is 0 Å². The Balaban J connectivity index is 2.29. The SMILES string of the molecule is C#CCOc1ccc(OCCC(C)(C)OCC(C)(C)OCCNC(=O)OC(C)(C)C)cc1. The van der Waals surface area contributed by atoms with Gasteiger partial charge in [-0.05, 0) is 72.7 Å². The van der Waals surface area contributed by atoms with Gasteiger partial charge in [0.05, 0.1) is 31.0 Å². The van der Waals surface area contributed by atoms with Crippen LogP contribution in [0.2, 0.25) is 0 Å². The topological polar surface area (TPSA) is 75.3 Å². The van der Waals surface area contributed by atoms with Gasteiger partial charge in [0, 0.05) is 13.0 Å². The first-order valence-corrected chi connectivity index (χ1v) is 10.9. The highest BCUT2D eigenvalue weighted by Gasteiger charge is 2.26. The molecule has 0 bridgehead atoms. The number of amides is 1. The molecule has 1 aromatic carbocycles. The van der Waals surface area contributed by atoms with Crippen LogP contribution in [0.3, 0.4) is 0 Å². The first kappa shape index (κ1) is 27.6. The van der Waals surface area contributed by atoms with Crippen molar-refractivity contribution >= 4 is 6.09 Å². The minimum atomic E-state index is -0.520. The molecule has 7 heteroatoms. The monoisotopic (exact) mass is 449 g/mol. The number of alkyl carbamates (subject to hydrolysis) is 1. The first-order chi connectivity index (χ1) is 14.8. The molecular weight excluding hydrogens is 410 g/mol. The summed E-state index contributed by atoms with van der Waals surface area (Å²) < 4.78 is 28.3. The van der Waals surface area contributed by atoms with Gasteiger partial charge in [-0.25, -0.2) is 4.79 Å². The van der Waals surface area contributed by atoms with E-state index in [1.807, 2.05) is 72.7 Å². The predicted octanol–water partition coefficient (Wildman–Crippen LogP) is 4.58. The molecule has 1 N–H and O–H groups in total. The fraction of sp³-hybridized carbons (Fsp3) is 0.640. The fourth-order valence-corrected chi connectivity index (χ4v) is 2.45. The van der Waals surface area contributed by atoms with E-state index in [-0.39, 0.29) is 12.2 Å². The summed E-state index contributed by atoms with van der Waals surface area (Å²) in [6, 6.07) is 7.35. The lowest BCUT2D eigenvalue weighted by Gasteiger charge is -2.32. The van der Waals surface area contributed by atoms with E-state index in [2.05, 4.69) is 11.2 Å². The molecule has 32 heavy (non-hydrogen) atoms. The van der Waals surface area contributed by atoms with Crippen molar-refractivity contribution < 1.29 is 28.5 Å². The lowest BCUT2D eigenvalue weighted by atomic mass is 10.0.